The first kappa shape index (κ1) is 26.9. The minimum Gasteiger partial charge on any atom is -0.508 e. The predicted octanol–water partition coefficient (Wildman–Crippen LogP) is 5.11. The highest BCUT2D eigenvalue weighted by atomic mass is 19.1. The molecule has 4 aliphatic rings. The van der Waals surface area contributed by atoms with Crippen LogP contribution in [0.4, 0.5) is 19.0 Å². The largest absolute Gasteiger partial charge is 0.508 e. The van der Waals surface area contributed by atoms with Crippen LogP contribution in [-0.2, 0) is 0 Å². The Morgan fingerprint density at radius 2 is 1.91 bits per heavy atom. The van der Waals surface area contributed by atoms with Crippen LogP contribution in [0.15, 0.2) is 36.5 Å². The third-order valence-electron chi connectivity index (χ3n) is 9.80. The number of hydrogen-bond acceptors (Lipinski definition) is 8. The minimum atomic E-state index is -0.902. The molecule has 2 unspecified atom stereocenters. The lowest BCUT2D eigenvalue weighted by Crippen LogP contribution is -2.59. The summed E-state index contributed by atoms with van der Waals surface area (Å²) in [4.78, 5) is 18.1. The lowest BCUT2D eigenvalue weighted by molar-refractivity contribution is 0.107. The number of rotatable bonds is 5. The van der Waals surface area contributed by atoms with Gasteiger partial charge in [0.1, 0.15) is 41.4 Å². The topological polar surface area (TPSA) is 86.6 Å². The van der Waals surface area contributed by atoms with Crippen molar-refractivity contribution in [2.75, 3.05) is 37.7 Å². The molecular formula is C32H33F3N6O2. The fraction of sp³-hybridized carbons (Fsp3) is 0.469. The summed E-state index contributed by atoms with van der Waals surface area (Å²) < 4.78 is 52.3. The lowest BCUT2D eigenvalue weighted by atomic mass is 9.94. The number of nitrogens with one attached hydrogen (secondary N) is 1. The van der Waals surface area contributed by atoms with Crippen LogP contribution >= 0.6 is 0 Å². The molecule has 8 nitrogen and oxygen atoms in total. The second-order valence-corrected chi connectivity index (χ2v) is 12.6. The first-order chi connectivity index (χ1) is 20.9. The van der Waals surface area contributed by atoms with Crippen molar-refractivity contribution in [3.05, 3.63) is 48.2 Å². The Hall–Kier alpha value is -3.70. The number of anilines is 1. The van der Waals surface area contributed by atoms with Gasteiger partial charge in [0.2, 0.25) is 0 Å². The number of phenols is 1. The number of alkyl halides is 1. The summed E-state index contributed by atoms with van der Waals surface area (Å²) in [6, 6.07) is 7.87. The van der Waals surface area contributed by atoms with Gasteiger partial charge < -0.3 is 20.1 Å². The number of aromatic nitrogens is 3. The van der Waals surface area contributed by atoms with Gasteiger partial charge in [-0.05, 0) is 55.8 Å². The third-order valence-corrected chi connectivity index (χ3v) is 9.80. The van der Waals surface area contributed by atoms with Crippen LogP contribution in [0.2, 0.25) is 0 Å². The van der Waals surface area contributed by atoms with Crippen molar-refractivity contribution >= 4 is 27.5 Å². The number of pyridine rings is 1. The summed E-state index contributed by atoms with van der Waals surface area (Å²) >= 11 is 0. The van der Waals surface area contributed by atoms with E-state index in [4.69, 9.17) is 9.72 Å². The second kappa shape index (κ2) is 10.2. The molecule has 2 aromatic carbocycles. The molecule has 0 spiro atoms. The molecule has 0 aliphatic carbocycles. The smallest absolute Gasteiger partial charge is 0.319 e. The van der Waals surface area contributed by atoms with E-state index in [2.05, 4.69) is 25.1 Å². The number of benzene rings is 2. The van der Waals surface area contributed by atoms with E-state index in [1.54, 1.807) is 6.07 Å². The van der Waals surface area contributed by atoms with Crippen LogP contribution < -0.4 is 15.0 Å². The Labute approximate surface area is 246 Å². The number of aromatic hydroxyl groups is 1. The van der Waals surface area contributed by atoms with E-state index in [-0.39, 0.29) is 40.5 Å². The number of piperidine rings is 1. The van der Waals surface area contributed by atoms with Crippen molar-refractivity contribution < 1.29 is 23.0 Å². The van der Waals surface area contributed by atoms with Gasteiger partial charge in [0.25, 0.3) is 0 Å². The number of fused-ring (bicyclic) bond motifs is 5. The van der Waals surface area contributed by atoms with Gasteiger partial charge in [-0.3, -0.25) is 9.88 Å². The van der Waals surface area contributed by atoms with Crippen LogP contribution in [0.1, 0.15) is 38.5 Å². The highest BCUT2D eigenvalue weighted by molar-refractivity contribution is 6.00. The van der Waals surface area contributed by atoms with Crippen molar-refractivity contribution in [1.82, 2.24) is 25.2 Å². The van der Waals surface area contributed by atoms with E-state index in [9.17, 15) is 9.50 Å². The molecule has 4 aromatic rings. The minimum absolute atomic E-state index is 0.0112. The van der Waals surface area contributed by atoms with Crippen molar-refractivity contribution in [2.45, 2.75) is 62.3 Å². The Morgan fingerprint density at radius 1 is 1.07 bits per heavy atom. The summed E-state index contributed by atoms with van der Waals surface area (Å²) in [5, 5.41) is 15.1. The number of nitrogens with zero attached hydrogens (tertiary/aromatic N) is 5. The SMILES string of the molecule is Oc1cc(-c2ncc3c(N4CC5CCCC(C4)N5)nc(OC[C@@]45CCCN4C[C@H](F)C5)nc3c2F)c2c(F)cccc2c1. The maximum atomic E-state index is 16.6. The number of hydrogen-bond donors (Lipinski definition) is 2. The third kappa shape index (κ3) is 4.55. The van der Waals surface area contributed by atoms with Gasteiger partial charge in [-0.2, -0.15) is 9.97 Å². The molecule has 2 bridgehead atoms. The predicted molar refractivity (Wildman–Crippen MR) is 157 cm³/mol. The summed E-state index contributed by atoms with van der Waals surface area (Å²) in [6.07, 6.45) is 6.09. The van der Waals surface area contributed by atoms with E-state index in [0.29, 0.717) is 54.7 Å². The average molecular weight is 591 g/mol. The molecule has 2 N–H and O–H groups in total. The zero-order chi connectivity index (χ0) is 29.3. The normalized spacial score (nSPS) is 27.2. The molecule has 4 fully saturated rings. The number of phenolic OH excluding ortho intramolecular Hbond substituents is 1. The molecule has 11 heteroatoms. The zero-order valence-electron chi connectivity index (χ0n) is 23.7. The highest BCUT2D eigenvalue weighted by Crippen LogP contribution is 2.41. The quantitative estimate of drug-likeness (QED) is 0.332. The molecule has 6 heterocycles. The summed E-state index contributed by atoms with van der Waals surface area (Å²) in [6.45, 7) is 2.85. The molecule has 43 heavy (non-hydrogen) atoms. The Balaban J connectivity index is 1.25. The van der Waals surface area contributed by atoms with E-state index >= 15 is 8.78 Å². The summed E-state index contributed by atoms with van der Waals surface area (Å²) in [5.41, 5.74) is -0.392. The van der Waals surface area contributed by atoms with E-state index in [1.807, 2.05) is 0 Å². The van der Waals surface area contributed by atoms with Crippen LogP contribution in [0, 0.1) is 11.6 Å². The molecule has 0 radical (unpaired) electrons. The van der Waals surface area contributed by atoms with Crippen molar-refractivity contribution in [1.29, 1.82) is 0 Å². The standard InChI is InChI=1S/C32H33F3N6O2/c33-19-12-32(8-3-9-41(32)14-19)17-43-31-38-29-24(30(39-31)40-15-20-5-2-6-21(16-40)37-20)13-36-28(27(29)35)23-11-22(42)10-18-4-1-7-25(34)26(18)23/h1,4,7,10-11,13,19-21,37,42H,2-3,5-6,8-9,12,14-17H2/t19-,20?,21?,32+/m1/s1. The monoisotopic (exact) mass is 590 g/mol. The Kier molecular flexibility index (Phi) is 6.38. The van der Waals surface area contributed by atoms with E-state index < -0.39 is 23.3 Å². The van der Waals surface area contributed by atoms with E-state index in [0.717, 1.165) is 38.6 Å². The van der Waals surface area contributed by atoms with Gasteiger partial charge in [-0.1, -0.05) is 18.6 Å². The lowest BCUT2D eigenvalue weighted by Gasteiger charge is -2.43. The van der Waals surface area contributed by atoms with Gasteiger partial charge in [0.15, 0.2) is 5.82 Å². The molecule has 8 rings (SSSR count). The van der Waals surface area contributed by atoms with Crippen molar-refractivity contribution in [3.8, 4) is 23.0 Å². The maximum absolute atomic E-state index is 16.6. The molecule has 4 saturated heterocycles. The zero-order valence-corrected chi connectivity index (χ0v) is 23.7. The molecule has 224 valence electrons. The van der Waals surface area contributed by atoms with Crippen LogP contribution in [0.5, 0.6) is 11.8 Å². The molecular weight excluding hydrogens is 557 g/mol. The van der Waals surface area contributed by atoms with Gasteiger partial charge in [-0.25, -0.2) is 13.2 Å². The van der Waals surface area contributed by atoms with Gasteiger partial charge in [-0.15, -0.1) is 0 Å². The molecule has 4 aliphatic heterocycles. The molecule has 4 atom stereocenters. The van der Waals surface area contributed by atoms with Gasteiger partial charge in [0.05, 0.1) is 10.9 Å². The first-order valence-electron chi connectivity index (χ1n) is 15.2. The summed E-state index contributed by atoms with van der Waals surface area (Å²) in [7, 11) is 0. The summed E-state index contributed by atoms with van der Waals surface area (Å²) in [5.74, 6) is -0.880. The fourth-order valence-electron chi connectivity index (χ4n) is 7.89. The Bertz CT molecular complexity index is 1730. The van der Waals surface area contributed by atoms with Gasteiger partial charge >= 0.3 is 6.01 Å². The maximum Gasteiger partial charge on any atom is 0.319 e. The van der Waals surface area contributed by atoms with Crippen LogP contribution in [0.3, 0.4) is 0 Å². The van der Waals surface area contributed by atoms with E-state index in [1.165, 1.54) is 30.5 Å². The number of piperazine rings is 1. The fourth-order valence-corrected chi connectivity index (χ4v) is 7.89. The average Bonchev–Trinajstić information content (AvgIpc) is 3.51. The molecule has 0 saturated carbocycles. The van der Waals surface area contributed by atoms with Crippen LogP contribution in [0.25, 0.3) is 32.9 Å². The number of ether oxygens (including phenoxy) is 1. The second-order valence-electron chi connectivity index (χ2n) is 12.6. The molecule has 0 amide bonds. The van der Waals surface area contributed by atoms with Gasteiger partial charge in [0, 0.05) is 55.3 Å². The number of halogens is 3. The highest BCUT2D eigenvalue weighted by Gasteiger charge is 2.49. The van der Waals surface area contributed by atoms with Crippen LogP contribution in [-0.4, -0.2) is 81.5 Å². The van der Waals surface area contributed by atoms with Crippen molar-refractivity contribution in [2.24, 2.45) is 0 Å². The molecule has 2 aromatic heterocycles. The first-order valence-corrected chi connectivity index (χ1v) is 15.2. The Morgan fingerprint density at radius 3 is 2.74 bits per heavy atom. The van der Waals surface area contributed by atoms with Crippen molar-refractivity contribution in [3.63, 3.8) is 0 Å².